The summed E-state index contributed by atoms with van der Waals surface area (Å²) in [4.78, 5) is 18.7. The second-order valence-electron chi connectivity index (χ2n) is 11.5. The Morgan fingerprint density at radius 1 is 0.860 bits per heavy atom. The number of aromatic carboxylic acids is 1. The minimum Gasteiger partial charge on any atom is -0.475 e. The molecule has 0 spiro atoms. The predicted octanol–water partition coefficient (Wildman–Crippen LogP) is 8.95. The molecule has 43 heavy (non-hydrogen) atoms. The molecule has 222 valence electrons. The first-order valence-electron chi connectivity index (χ1n) is 14.5. The van der Waals surface area contributed by atoms with Crippen molar-refractivity contribution in [2.45, 2.75) is 50.1 Å². The molecule has 1 saturated carbocycles. The Bertz CT molecular complexity index is 1690. The van der Waals surface area contributed by atoms with Gasteiger partial charge in [-0.15, -0.1) is 12.4 Å². The highest BCUT2D eigenvalue weighted by Crippen LogP contribution is 2.44. The molecule has 9 heteroatoms. The first kappa shape index (κ1) is 29.8. The number of fused-ring (bicyclic) bond motifs is 1. The number of imidazole rings is 1. The average Bonchev–Trinajstić information content (AvgIpc) is 3.61. The normalized spacial score (nSPS) is 16.1. The summed E-state index contributed by atoms with van der Waals surface area (Å²) in [6.07, 6.45) is 4.38. The second kappa shape index (κ2) is 12.4. The number of furan rings is 1. The molecule has 2 aromatic heterocycles. The van der Waals surface area contributed by atoms with Crippen molar-refractivity contribution >= 4 is 52.6 Å². The molecule has 3 heterocycles. The van der Waals surface area contributed by atoms with Crippen molar-refractivity contribution in [3.8, 4) is 0 Å². The van der Waals surface area contributed by atoms with Crippen LogP contribution in [0.4, 0.5) is 0 Å². The van der Waals surface area contributed by atoms with Crippen LogP contribution in [-0.2, 0) is 6.54 Å². The van der Waals surface area contributed by atoms with E-state index in [0.29, 0.717) is 24.3 Å². The number of hydrogen-bond donors (Lipinski definition) is 1. The van der Waals surface area contributed by atoms with Crippen LogP contribution in [0.15, 0.2) is 83.3 Å². The number of rotatable bonds is 8. The van der Waals surface area contributed by atoms with Crippen molar-refractivity contribution < 1.29 is 14.3 Å². The van der Waals surface area contributed by atoms with Crippen LogP contribution in [-0.4, -0.2) is 38.6 Å². The van der Waals surface area contributed by atoms with Gasteiger partial charge in [0.15, 0.2) is 0 Å². The minimum absolute atomic E-state index is 0. The van der Waals surface area contributed by atoms with Gasteiger partial charge in [0.1, 0.15) is 11.6 Å². The highest BCUT2D eigenvalue weighted by atomic mass is 35.5. The molecule has 0 unspecified atom stereocenters. The van der Waals surface area contributed by atoms with Gasteiger partial charge in [-0.3, -0.25) is 4.90 Å². The molecule has 7 rings (SSSR count). The molecule has 2 aliphatic rings. The van der Waals surface area contributed by atoms with Crippen LogP contribution in [0.1, 0.15) is 82.4 Å². The van der Waals surface area contributed by atoms with Crippen LogP contribution >= 0.6 is 35.6 Å². The van der Waals surface area contributed by atoms with E-state index >= 15 is 0 Å². The van der Waals surface area contributed by atoms with Crippen LogP contribution in [0.5, 0.6) is 0 Å². The summed E-state index contributed by atoms with van der Waals surface area (Å²) >= 11 is 12.5. The Morgan fingerprint density at radius 3 is 2.02 bits per heavy atom. The van der Waals surface area contributed by atoms with Gasteiger partial charge in [0.05, 0.1) is 17.6 Å². The van der Waals surface area contributed by atoms with Crippen LogP contribution in [0, 0.1) is 0 Å². The molecule has 1 aliphatic carbocycles. The molecule has 0 amide bonds. The van der Waals surface area contributed by atoms with Gasteiger partial charge >= 0.3 is 5.97 Å². The molecule has 1 aliphatic heterocycles. The maximum Gasteiger partial charge on any atom is 0.371 e. The summed E-state index contributed by atoms with van der Waals surface area (Å²) in [7, 11) is 0. The molecule has 6 nitrogen and oxygen atoms in total. The number of carboxylic acids is 1. The van der Waals surface area contributed by atoms with Crippen molar-refractivity contribution in [1.29, 1.82) is 0 Å². The summed E-state index contributed by atoms with van der Waals surface area (Å²) in [5.41, 5.74) is 5.79. The van der Waals surface area contributed by atoms with Crippen molar-refractivity contribution in [2.24, 2.45) is 0 Å². The van der Waals surface area contributed by atoms with Gasteiger partial charge in [0.2, 0.25) is 5.76 Å². The summed E-state index contributed by atoms with van der Waals surface area (Å²) in [6, 6.07) is 26.6. The van der Waals surface area contributed by atoms with E-state index in [0.717, 1.165) is 41.5 Å². The van der Waals surface area contributed by atoms with E-state index in [-0.39, 0.29) is 24.1 Å². The monoisotopic (exact) mass is 635 g/mol. The molecule has 5 aromatic rings. The van der Waals surface area contributed by atoms with Crippen LogP contribution in [0.3, 0.4) is 0 Å². The number of carbonyl (C=O) groups is 1. The molecule has 0 atom stereocenters. The van der Waals surface area contributed by atoms with E-state index in [1.54, 1.807) is 6.07 Å². The first-order chi connectivity index (χ1) is 20.4. The number of benzene rings is 3. The van der Waals surface area contributed by atoms with Crippen molar-refractivity contribution in [3.05, 3.63) is 123 Å². The lowest BCUT2D eigenvalue weighted by molar-refractivity contribution is 0.0657. The van der Waals surface area contributed by atoms with Gasteiger partial charge in [0.25, 0.3) is 0 Å². The smallest absolute Gasteiger partial charge is 0.371 e. The highest BCUT2D eigenvalue weighted by molar-refractivity contribution is 6.30. The van der Waals surface area contributed by atoms with Crippen molar-refractivity contribution in [2.75, 3.05) is 13.1 Å². The van der Waals surface area contributed by atoms with Gasteiger partial charge in [0, 0.05) is 41.0 Å². The molecular formula is C34H32Cl3N3O3. The minimum atomic E-state index is -1.03. The average molecular weight is 637 g/mol. The molecule has 1 saturated heterocycles. The van der Waals surface area contributed by atoms with E-state index in [1.807, 2.05) is 24.3 Å². The molecule has 3 aromatic carbocycles. The number of halogens is 3. The van der Waals surface area contributed by atoms with Gasteiger partial charge in [-0.25, -0.2) is 9.78 Å². The Hall–Kier alpha value is -3.29. The van der Waals surface area contributed by atoms with E-state index in [1.165, 1.54) is 46.9 Å². The fourth-order valence-electron chi connectivity index (χ4n) is 6.34. The number of nitrogens with zero attached hydrogens (tertiary/aromatic N) is 3. The predicted molar refractivity (Wildman–Crippen MR) is 172 cm³/mol. The van der Waals surface area contributed by atoms with E-state index < -0.39 is 5.97 Å². The lowest BCUT2D eigenvalue weighted by atomic mass is 9.85. The summed E-state index contributed by atoms with van der Waals surface area (Å²) in [5.74, 6) is 1.42. The summed E-state index contributed by atoms with van der Waals surface area (Å²) < 4.78 is 8.05. The van der Waals surface area contributed by atoms with Crippen molar-refractivity contribution in [3.63, 3.8) is 0 Å². The lowest BCUT2D eigenvalue weighted by Gasteiger charge is -2.33. The Balaban J connectivity index is 0.00000329. The SMILES string of the molecule is Cl.O=C(O)c1ccc(CN2CCC(n3c(C4CC4)nc4ccc(C(c5ccc(Cl)cc5)c5ccc(Cl)cc5)cc43)CC2)o1. The molecule has 0 bridgehead atoms. The lowest BCUT2D eigenvalue weighted by Crippen LogP contribution is -2.34. The maximum absolute atomic E-state index is 11.2. The highest BCUT2D eigenvalue weighted by Gasteiger charge is 2.33. The van der Waals surface area contributed by atoms with Crippen LogP contribution < -0.4 is 0 Å². The van der Waals surface area contributed by atoms with Gasteiger partial charge in [-0.05, 0) is 90.9 Å². The standard InChI is InChI=1S/C34H31Cl2N3O3.ClH/c35-25-8-3-21(4-9-25)32(22-5-10-26(36)11-6-22)24-7-13-29-30(19-24)39(33(37-29)23-1-2-23)27-15-17-38(18-16-27)20-28-12-14-31(42-28)34(40)41;/h3-14,19,23,27,32H,1-2,15-18,20H2,(H,40,41);1H. The Morgan fingerprint density at radius 2 is 1.47 bits per heavy atom. The zero-order chi connectivity index (χ0) is 28.8. The fourth-order valence-corrected chi connectivity index (χ4v) is 6.60. The molecule has 0 radical (unpaired) electrons. The molecular weight excluding hydrogens is 605 g/mol. The van der Waals surface area contributed by atoms with Gasteiger partial charge < -0.3 is 14.1 Å². The van der Waals surface area contributed by atoms with Gasteiger partial charge in [-0.1, -0.05) is 53.5 Å². The zero-order valence-electron chi connectivity index (χ0n) is 23.5. The fraction of sp³-hybridized carbons (Fsp3) is 0.294. The topological polar surface area (TPSA) is 71.5 Å². The maximum atomic E-state index is 11.2. The molecule has 2 fully saturated rings. The van der Waals surface area contributed by atoms with Crippen LogP contribution in [0.2, 0.25) is 10.0 Å². The number of hydrogen-bond acceptors (Lipinski definition) is 4. The van der Waals surface area contributed by atoms with Crippen LogP contribution in [0.25, 0.3) is 11.0 Å². The quantitative estimate of drug-likeness (QED) is 0.172. The largest absolute Gasteiger partial charge is 0.475 e. The molecule has 1 N–H and O–H groups in total. The van der Waals surface area contributed by atoms with E-state index in [2.05, 4.69) is 51.9 Å². The number of aromatic nitrogens is 2. The zero-order valence-corrected chi connectivity index (χ0v) is 25.8. The third-order valence-electron chi connectivity index (χ3n) is 8.60. The summed E-state index contributed by atoms with van der Waals surface area (Å²) in [5, 5.41) is 10.6. The van der Waals surface area contributed by atoms with Gasteiger partial charge in [-0.2, -0.15) is 0 Å². The number of carboxylic acid groups (broad SMARTS) is 1. The third-order valence-corrected chi connectivity index (χ3v) is 9.10. The first-order valence-corrected chi connectivity index (χ1v) is 15.3. The number of piperidine rings is 1. The Labute approximate surface area is 266 Å². The van der Waals surface area contributed by atoms with E-state index in [9.17, 15) is 9.90 Å². The summed E-state index contributed by atoms with van der Waals surface area (Å²) in [6.45, 7) is 2.44. The van der Waals surface area contributed by atoms with E-state index in [4.69, 9.17) is 32.6 Å². The second-order valence-corrected chi connectivity index (χ2v) is 12.3. The number of likely N-dealkylation sites (tertiary alicyclic amines) is 1. The third kappa shape index (κ3) is 6.20. The van der Waals surface area contributed by atoms with Crippen molar-refractivity contribution in [1.82, 2.24) is 14.5 Å². The Kier molecular flexibility index (Phi) is 8.56.